The number of amides is 1. The van der Waals surface area contributed by atoms with Gasteiger partial charge >= 0.3 is 0 Å². The van der Waals surface area contributed by atoms with Gasteiger partial charge in [0, 0.05) is 18.4 Å². The van der Waals surface area contributed by atoms with E-state index in [4.69, 9.17) is 27.1 Å². The average molecular weight is 411 g/mol. The zero-order valence-electron chi connectivity index (χ0n) is 15.6. The molecule has 0 unspecified atom stereocenters. The second kappa shape index (κ2) is 6.73. The third-order valence-electron chi connectivity index (χ3n) is 5.82. The molecule has 5 rings (SSSR count). The third kappa shape index (κ3) is 2.82. The first-order valence-electron chi connectivity index (χ1n) is 9.33. The highest BCUT2D eigenvalue weighted by atomic mass is 35.5. The average Bonchev–Trinajstić information content (AvgIpc) is 3.44. The number of allylic oxidation sites excluding steroid dienone is 1. The van der Waals surface area contributed by atoms with Crippen molar-refractivity contribution < 1.29 is 9.53 Å². The highest BCUT2D eigenvalue weighted by Gasteiger charge is 2.47. The maximum atomic E-state index is 12.1. The number of nitrogens with one attached hydrogen (secondary N) is 2. The normalized spacial score (nSPS) is 24.9. The number of hydrogen-bond donors (Lipinski definition) is 3. The molecule has 9 heteroatoms. The predicted molar refractivity (Wildman–Crippen MR) is 110 cm³/mol. The molecule has 4 atom stereocenters. The highest BCUT2D eigenvalue weighted by molar-refractivity contribution is 6.34. The number of primary amides is 1. The second-order valence-electron chi connectivity index (χ2n) is 7.39. The molecule has 3 aromatic heterocycles. The Morgan fingerprint density at radius 1 is 1.34 bits per heavy atom. The van der Waals surface area contributed by atoms with Crippen molar-refractivity contribution in [3.05, 3.63) is 41.8 Å². The molecule has 3 heterocycles. The zero-order chi connectivity index (χ0) is 20.1. The van der Waals surface area contributed by atoms with Crippen LogP contribution < -0.4 is 15.8 Å². The molecule has 1 saturated carbocycles. The summed E-state index contributed by atoms with van der Waals surface area (Å²) in [6, 6.07) is 1.64. The standard InChI is InChI=1S/C20H19ClN6O2/c1-29-13-4-5-23-7-11(13)19-26-17-16(12(21)8-24-20(17)27-19)25-15-10-3-2-9(6-10)14(15)18(22)28/h2-5,7-10,14-15H,6H2,1H3,(H2,22,28)(H2,24,25,26,27)/t9-,10+,14+,15-/m1/s1. The first kappa shape index (κ1) is 17.9. The second-order valence-corrected chi connectivity index (χ2v) is 7.79. The van der Waals surface area contributed by atoms with Crippen molar-refractivity contribution >= 4 is 34.4 Å². The van der Waals surface area contributed by atoms with Crippen molar-refractivity contribution in [3.63, 3.8) is 0 Å². The van der Waals surface area contributed by atoms with Gasteiger partial charge < -0.3 is 20.8 Å². The lowest BCUT2D eigenvalue weighted by atomic mass is 9.88. The van der Waals surface area contributed by atoms with Gasteiger partial charge in [-0.15, -0.1) is 0 Å². The first-order chi connectivity index (χ1) is 14.1. The SMILES string of the molecule is COc1ccncc1-c1nc2c(N[C@H]3[C@@H](C(N)=O)[C@@H]4C=C[C@H]3C4)c(Cl)cnc2[nH]1. The van der Waals surface area contributed by atoms with E-state index in [1.807, 2.05) is 0 Å². The molecule has 29 heavy (non-hydrogen) atoms. The number of anilines is 1. The highest BCUT2D eigenvalue weighted by Crippen LogP contribution is 2.46. The van der Waals surface area contributed by atoms with Gasteiger partial charge in [-0.05, 0) is 24.3 Å². The van der Waals surface area contributed by atoms with E-state index in [1.165, 1.54) is 0 Å². The largest absolute Gasteiger partial charge is 0.496 e. The predicted octanol–water partition coefficient (Wildman–Crippen LogP) is 2.77. The molecule has 2 bridgehead atoms. The number of nitrogens with zero attached hydrogens (tertiary/aromatic N) is 3. The Morgan fingerprint density at radius 3 is 2.97 bits per heavy atom. The molecule has 4 N–H and O–H groups in total. The number of aromatic amines is 1. The van der Waals surface area contributed by atoms with Crippen LogP contribution in [0.4, 0.5) is 5.69 Å². The summed E-state index contributed by atoms with van der Waals surface area (Å²) in [6.45, 7) is 0. The Bertz CT molecular complexity index is 1140. The summed E-state index contributed by atoms with van der Waals surface area (Å²) >= 11 is 6.47. The number of carbonyl (C=O) groups is 1. The lowest BCUT2D eigenvalue weighted by Crippen LogP contribution is -2.41. The fourth-order valence-corrected chi connectivity index (χ4v) is 4.70. The molecule has 0 aromatic carbocycles. The molecule has 0 aliphatic heterocycles. The van der Waals surface area contributed by atoms with Crippen LogP contribution in [0, 0.1) is 17.8 Å². The van der Waals surface area contributed by atoms with Gasteiger partial charge in [0.1, 0.15) is 17.1 Å². The molecule has 148 valence electrons. The van der Waals surface area contributed by atoms with Gasteiger partial charge in [0.15, 0.2) is 5.65 Å². The van der Waals surface area contributed by atoms with Gasteiger partial charge in [0.2, 0.25) is 5.91 Å². The fourth-order valence-electron chi connectivity index (χ4n) is 4.51. The molecule has 0 radical (unpaired) electrons. The van der Waals surface area contributed by atoms with Crippen molar-refractivity contribution in [1.82, 2.24) is 19.9 Å². The van der Waals surface area contributed by atoms with Gasteiger partial charge in [-0.1, -0.05) is 23.8 Å². The number of hydrogen-bond acceptors (Lipinski definition) is 6. The summed E-state index contributed by atoms with van der Waals surface area (Å²) in [5, 5.41) is 3.89. The number of nitrogens with two attached hydrogens (primary N) is 1. The molecule has 0 spiro atoms. The van der Waals surface area contributed by atoms with E-state index in [1.54, 1.807) is 31.8 Å². The first-order valence-corrected chi connectivity index (χ1v) is 9.71. The van der Waals surface area contributed by atoms with Gasteiger partial charge in [0.05, 0.1) is 35.5 Å². The zero-order valence-corrected chi connectivity index (χ0v) is 16.3. The quantitative estimate of drug-likeness (QED) is 0.556. The van der Waals surface area contributed by atoms with Crippen molar-refractivity contribution in [3.8, 4) is 17.1 Å². The summed E-state index contributed by atoms with van der Waals surface area (Å²) < 4.78 is 5.41. The van der Waals surface area contributed by atoms with Crippen LogP contribution in [0.3, 0.4) is 0 Å². The Hall–Kier alpha value is -3.13. The number of fused-ring (bicyclic) bond motifs is 3. The Kier molecular flexibility index (Phi) is 4.16. The molecule has 8 nitrogen and oxygen atoms in total. The lowest BCUT2D eigenvalue weighted by Gasteiger charge is -2.27. The van der Waals surface area contributed by atoms with Crippen LogP contribution in [0.15, 0.2) is 36.8 Å². The van der Waals surface area contributed by atoms with Gasteiger partial charge in [-0.2, -0.15) is 0 Å². The van der Waals surface area contributed by atoms with E-state index in [0.717, 1.165) is 6.42 Å². The molecular formula is C20H19ClN6O2. The number of carbonyl (C=O) groups excluding carboxylic acids is 1. The third-order valence-corrected chi connectivity index (χ3v) is 6.11. The number of imidazole rings is 1. The number of methoxy groups -OCH3 is 1. The monoisotopic (exact) mass is 410 g/mol. The van der Waals surface area contributed by atoms with Gasteiger partial charge in [0.25, 0.3) is 0 Å². The molecule has 1 amide bonds. The lowest BCUT2D eigenvalue weighted by molar-refractivity contribution is -0.122. The number of aromatic nitrogens is 4. The Morgan fingerprint density at radius 2 is 2.17 bits per heavy atom. The minimum Gasteiger partial charge on any atom is -0.496 e. The minimum atomic E-state index is -0.302. The number of ether oxygens (including phenoxy) is 1. The van der Waals surface area contributed by atoms with Crippen LogP contribution in [0.25, 0.3) is 22.6 Å². The van der Waals surface area contributed by atoms with E-state index in [9.17, 15) is 4.79 Å². The number of pyridine rings is 2. The maximum Gasteiger partial charge on any atom is 0.223 e. The van der Waals surface area contributed by atoms with Crippen LogP contribution in [-0.4, -0.2) is 39.0 Å². The Balaban J connectivity index is 1.58. The summed E-state index contributed by atoms with van der Waals surface area (Å²) in [5.41, 5.74) is 8.21. The molecular weight excluding hydrogens is 392 g/mol. The van der Waals surface area contributed by atoms with Gasteiger partial charge in [-0.25, -0.2) is 9.97 Å². The summed E-state index contributed by atoms with van der Waals surface area (Å²) in [4.78, 5) is 28.5. The van der Waals surface area contributed by atoms with E-state index in [2.05, 4.69) is 32.4 Å². The number of rotatable bonds is 5. The van der Waals surface area contributed by atoms with E-state index >= 15 is 0 Å². The fraction of sp³-hybridized carbons (Fsp3) is 0.300. The van der Waals surface area contributed by atoms with E-state index < -0.39 is 0 Å². The number of H-pyrrole nitrogens is 1. The number of halogens is 1. The van der Waals surface area contributed by atoms with E-state index in [-0.39, 0.29) is 29.7 Å². The smallest absolute Gasteiger partial charge is 0.223 e. The summed E-state index contributed by atoms with van der Waals surface area (Å²) in [7, 11) is 1.59. The summed E-state index contributed by atoms with van der Waals surface area (Å²) in [6.07, 6.45) is 10.0. The van der Waals surface area contributed by atoms with Crippen molar-refractivity contribution in [2.24, 2.45) is 23.5 Å². The molecule has 3 aromatic rings. The van der Waals surface area contributed by atoms with Crippen LogP contribution in [0.1, 0.15) is 6.42 Å². The van der Waals surface area contributed by atoms with Crippen molar-refractivity contribution in [2.45, 2.75) is 12.5 Å². The molecule has 0 saturated heterocycles. The summed E-state index contributed by atoms with van der Waals surface area (Å²) in [5.74, 6) is 1.03. The Labute approximate surface area is 171 Å². The van der Waals surface area contributed by atoms with Crippen LogP contribution in [-0.2, 0) is 4.79 Å². The van der Waals surface area contributed by atoms with Crippen LogP contribution in [0.2, 0.25) is 5.02 Å². The molecule has 2 aliphatic carbocycles. The minimum absolute atomic E-state index is 0.126. The molecule has 1 fully saturated rings. The molecule has 2 aliphatic rings. The van der Waals surface area contributed by atoms with Crippen molar-refractivity contribution in [1.29, 1.82) is 0 Å². The van der Waals surface area contributed by atoms with Crippen molar-refractivity contribution in [2.75, 3.05) is 12.4 Å². The topological polar surface area (TPSA) is 119 Å². The maximum absolute atomic E-state index is 12.1. The van der Waals surface area contributed by atoms with Gasteiger partial charge in [-0.3, -0.25) is 9.78 Å². The van der Waals surface area contributed by atoms with Crippen LogP contribution in [0.5, 0.6) is 5.75 Å². The van der Waals surface area contributed by atoms with Crippen LogP contribution >= 0.6 is 11.6 Å². The van der Waals surface area contributed by atoms with E-state index in [0.29, 0.717) is 39.0 Å².